The third-order valence-electron chi connectivity index (χ3n) is 3.51. The molecule has 4 heteroatoms. The first-order valence-electron chi connectivity index (χ1n) is 7.17. The van der Waals surface area contributed by atoms with Crippen molar-refractivity contribution in [3.05, 3.63) is 64.7 Å². The molecular formula is C18H20N2O2. The van der Waals surface area contributed by atoms with Crippen LogP contribution in [0.1, 0.15) is 27.0 Å². The van der Waals surface area contributed by atoms with Gasteiger partial charge in [-0.25, -0.2) is 0 Å². The van der Waals surface area contributed by atoms with Crippen LogP contribution >= 0.6 is 0 Å². The highest BCUT2D eigenvalue weighted by Crippen LogP contribution is 2.10. The molecule has 0 unspecified atom stereocenters. The Morgan fingerprint density at radius 2 is 1.59 bits per heavy atom. The summed E-state index contributed by atoms with van der Waals surface area (Å²) in [6.07, 6.45) is 0. The van der Waals surface area contributed by atoms with Crippen molar-refractivity contribution >= 4 is 17.5 Å². The van der Waals surface area contributed by atoms with Gasteiger partial charge in [0.15, 0.2) is 0 Å². The molecule has 0 aromatic heterocycles. The summed E-state index contributed by atoms with van der Waals surface area (Å²) in [5.41, 5.74) is 4.59. The van der Waals surface area contributed by atoms with Crippen LogP contribution in [-0.2, 0) is 4.79 Å². The minimum atomic E-state index is -0.249. The van der Waals surface area contributed by atoms with Crippen LogP contribution in [-0.4, -0.2) is 18.4 Å². The molecule has 0 aliphatic heterocycles. The molecule has 2 aromatic carbocycles. The van der Waals surface area contributed by atoms with E-state index in [0.717, 1.165) is 22.4 Å². The minimum Gasteiger partial charge on any atom is -0.343 e. The van der Waals surface area contributed by atoms with Gasteiger partial charge in [-0.15, -0.1) is 0 Å². The van der Waals surface area contributed by atoms with Crippen LogP contribution < -0.4 is 10.6 Å². The summed E-state index contributed by atoms with van der Waals surface area (Å²) in [4.78, 5) is 23.8. The highest BCUT2D eigenvalue weighted by molar-refractivity contribution is 5.99. The largest absolute Gasteiger partial charge is 0.343 e. The normalized spacial score (nSPS) is 10.1. The van der Waals surface area contributed by atoms with Crippen LogP contribution in [0.3, 0.4) is 0 Å². The molecule has 0 aliphatic carbocycles. The highest BCUT2D eigenvalue weighted by atomic mass is 16.2. The zero-order chi connectivity index (χ0) is 16.1. The number of hydrogen-bond donors (Lipinski definition) is 2. The molecule has 0 saturated heterocycles. The van der Waals surface area contributed by atoms with Gasteiger partial charge in [-0.1, -0.05) is 23.8 Å². The monoisotopic (exact) mass is 296 g/mol. The lowest BCUT2D eigenvalue weighted by atomic mass is 10.1. The Balaban J connectivity index is 1.88. The average molecular weight is 296 g/mol. The summed E-state index contributed by atoms with van der Waals surface area (Å²) < 4.78 is 0. The summed E-state index contributed by atoms with van der Waals surface area (Å²) in [6, 6.07) is 13.0. The Kier molecular flexibility index (Phi) is 4.94. The van der Waals surface area contributed by atoms with Crippen LogP contribution in [0.5, 0.6) is 0 Å². The number of amides is 2. The fraction of sp³-hybridized carbons (Fsp3) is 0.222. The Morgan fingerprint density at radius 1 is 0.909 bits per heavy atom. The summed E-state index contributed by atoms with van der Waals surface area (Å²) in [5, 5.41) is 5.37. The number of aryl methyl sites for hydroxylation is 3. The maximum absolute atomic E-state index is 12.0. The molecule has 114 valence electrons. The van der Waals surface area contributed by atoms with E-state index >= 15 is 0 Å². The van der Waals surface area contributed by atoms with Crippen molar-refractivity contribution in [2.75, 3.05) is 11.9 Å². The number of nitrogens with one attached hydrogen (secondary N) is 2. The quantitative estimate of drug-likeness (QED) is 0.911. The van der Waals surface area contributed by atoms with Crippen LogP contribution in [0.15, 0.2) is 42.5 Å². The van der Waals surface area contributed by atoms with Crippen molar-refractivity contribution in [1.29, 1.82) is 0 Å². The second kappa shape index (κ2) is 6.89. The predicted octanol–water partition coefficient (Wildman–Crippen LogP) is 2.98. The first-order chi connectivity index (χ1) is 10.5. The number of carbonyl (C=O) groups is 2. The van der Waals surface area contributed by atoms with E-state index in [9.17, 15) is 9.59 Å². The minimum absolute atomic E-state index is 0.0559. The summed E-state index contributed by atoms with van der Waals surface area (Å²) >= 11 is 0. The summed E-state index contributed by atoms with van der Waals surface area (Å²) in [5.74, 6) is -0.497. The molecule has 2 amide bonds. The van der Waals surface area contributed by atoms with Crippen LogP contribution in [0.25, 0.3) is 0 Å². The molecule has 22 heavy (non-hydrogen) atoms. The number of benzene rings is 2. The van der Waals surface area contributed by atoms with E-state index in [1.165, 1.54) is 0 Å². The highest BCUT2D eigenvalue weighted by Gasteiger charge is 2.09. The fourth-order valence-corrected chi connectivity index (χ4v) is 1.99. The number of rotatable bonds is 4. The first-order valence-corrected chi connectivity index (χ1v) is 7.17. The number of anilines is 1. The van der Waals surface area contributed by atoms with Gasteiger partial charge in [-0.2, -0.15) is 0 Å². The second-order valence-corrected chi connectivity index (χ2v) is 5.40. The first kappa shape index (κ1) is 15.8. The molecule has 2 aromatic rings. The number of carbonyl (C=O) groups excluding carboxylic acids is 2. The van der Waals surface area contributed by atoms with Crippen molar-refractivity contribution in [1.82, 2.24) is 5.32 Å². The fourth-order valence-electron chi connectivity index (χ4n) is 1.99. The molecule has 0 spiro atoms. The standard InChI is InChI=1S/C18H20N2O2/c1-12-4-8-16(9-5-12)20-17(21)11-19-18(22)15-7-6-13(2)14(3)10-15/h4-10H,11H2,1-3H3,(H,19,22)(H,20,21). The van der Waals surface area contributed by atoms with E-state index in [0.29, 0.717) is 5.56 Å². The van der Waals surface area contributed by atoms with Gasteiger partial charge in [-0.05, 0) is 56.2 Å². The molecule has 0 heterocycles. The van der Waals surface area contributed by atoms with Crippen molar-refractivity contribution in [3.8, 4) is 0 Å². The zero-order valence-electron chi connectivity index (χ0n) is 13.1. The Morgan fingerprint density at radius 3 is 2.23 bits per heavy atom. The van der Waals surface area contributed by atoms with Gasteiger partial charge in [0.2, 0.25) is 5.91 Å². The van der Waals surface area contributed by atoms with Crippen molar-refractivity contribution < 1.29 is 9.59 Å². The second-order valence-electron chi connectivity index (χ2n) is 5.40. The van der Waals surface area contributed by atoms with Gasteiger partial charge in [0.25, 0.3) is 5.91 Å². The van der Waals surface area contributed by atoms with Crippen LogP contribution in [0.2, 0.25) is 0 Å². The van der Waals surface area contributed by atoms with Gasteiger partial charge < -0.3 is 10.6 Å². The van der Waals surface area contributed by atoms with Gasteiger partial charge >= 0.3 is 0 Å². The lowest BCUT2D eigenvalue weighted by Gasteiger charge is -2.08. The van der Waals surface area contributed by atoms with Crippen LogP contribution in [0.4, 0.5) is 5.69 Å². The van der Waals surface area contributed by atoms with E-state index in [2.05, 4.69) is 10.6 Å². The molecule has 0 bridgehead atoms. The van der Waals surface area contributed by atoms with E-state index < -0.39 is 0 Å². The smallest absolute Gasteiger partial charge is 0.251 e. The maximum Gasteiger partial charge on any atom is 0.251 e. The Bertz CT molecular complexity index is 691. The van der Waals surface area contributed by atoms with Gasteiger partial charge in [-0.3, -0.25) is 9.59 Å². The van der Waals surface area contributed by atoms with Crippen molar-refractivity contribution in [3.63, 3.8) is 0 Å². The molecule has 0 aliphatic rings. The molecule has 4 nitrogen and oxygen atoms in total. The SMILES string of the molecule is Cc1ccc(NC(=O)CNC(=O)c2ccc(C)c(C)c2)cc1. The van der Waals surface area contributed by atoms with Crippen molar-refractivity contribution in [2.24, 2.45) is 0 Å². The summed E-state index contributed by atoms with van der Waals surface area (Å²) in [7, 11) is 0. The lowest BCUT2D eigenvalue weighted by Crippen LogP contribution is -2.32. The predicted molar refractivity (Wildman–Crippen MR) is 88.1 cm³/mol. The Labute approximate surface area is 130 Å². The Hall–Kier alpha value is -2.62. The average Bonchev–Trinajstić information content (AvgIpc) is 2.50. The molecule has 2 rings (SSSR count). The van der Waals surface area contributed by atoms with Gasteiger partial charge in [0.1, 0.15) is 0 Å². The van der Waals surface area contributed by atoms with Gasteiger partial charge in [0.05, 0.1) is 6.54 Å². The van der Waals surface area contributed by atoms with E-state index in [1.807, 2.05) is 57.2 Å². The molecule has 2 N–H and O–H groups in total. The van der Waals surface area contributed by atoms with E-state index in [1.54, 1.807) is 6.07 Å². The molecule has 0 radical (unpaired) electrons. The van der Waals surface area contributed by atoms with E-state index in [4.69, 9.17) is 0 Å². The maximum atomic E-state index is 12.0. The molecule has 0 atom stereocenters. The lowest BCUT2D eigenvalue weighted by molar-refractivity contribution is -0.115. The molecule has 0 fully saturated rings. The zero-order valence-corrected chi connectivity index (χ0v) is 13.1. The third kappa shape index (κ3) is 4.19. The third-order valence-corrected chi connectivity index (χ3v) is 3.51. The molecule has 0 saturated carbocycles. The summed E-state index contributed by atoms with van der Waals surface area (Å²) in [6.45, 7) is 5.87. The number of hydrogen-bond acceptors (Lipinski definition) is 2. The van der Waals surface area contributed by atoms with Gasteiger partial charge in [0, 0.05) is 11.3 Å². The topological polar surface area (TPSA) is 58.2 Å². The van der Waals surface area contributed by atoms with Crippen molar-refractivity contribution in [2.45, 2.75) is 20.8 Å². The van der Waals surface area contributed by atoms with Crippen LogP contribution in [0, 0.1) is 20.8 Å². The molecular weight excluding hydrogens is 276 g/mol. The van der Waals surface area contributed by atoms with E-state index in [-0.39, 0.29) is 18.4 Å².